The Balaban J connectivity index is 1.52. The highest BCUT2D eigenvalue weighted by molar-refractivity contribution is 6.04. The minimum absolute atomic E-state index is 0.0728. The van der Waals surface area contributed by atoms with E-state index < -0.39 is 0 Å². The number of para-hydroxylation sites is 1. The van der Waals surface area contributed by atoms with Crippen LogP contribution in [-0.2, 0) is 4.79 Å². The van der Waals surface area contributed by atoms with Crippen molar-refractivity contribution in [3.63, 3.8) is 0 Å². The number of hydrogen-bond donors (Lipinski definition) is 2. The number of amides is 2. The maximum Gasteiger partial charge on any atom is 0.255 e. The van der Waals surface area contributed by atoms with Crippen LogP contribution >= 0.6 is 0 Å². The van der Waals surface area contributed by atoms with Crippen LogP contribution in [0.25, 0.3) is 0 Å². The molecule has 160 valence electrons. The topological polar surface area (TPSA) is 76.7 Å². The van der Waals surface area contributed by atoms with Gasteiger partial charge in [-0.3, -0.25) is 9.59 Å². The van der Waals surface area contributed by atoms with E-state index in [1.54, 1.807) is 43.3 Å². The number of ether oxygens (including phenoxy) is 2. The zero-order valence-electron chi connectivity index (χ0n) is 17.7. The van der Waals surface area contributed by atoms with Crippen LogP contribution in [0.2, 0.25) is 0 Å². The van der Waals surface area contributed by atoms with E-state index in [1.165, 1.54) is 0 Å². The van der Waals surface area contributed by atoms with E-state index in [1.807, 2.05) is 43.3 Å². The van der Waals surface area contributed by atoms with Crippen LogP contribution in [0.1, 0.15) is 29.3 Å². The third kappa shape index (κ3) is 6.60. The number of benzene rings is 3. The summed E-state index contributed by atoms with van der Waals surface area (Å²) < 4.78 is 11.3. The summed E-state index contributed by atoms with van der Waals surface area (Å²) in [6.45, 7) is 4.52. The Morgan fingerprint density at radius 2 is 1.45 bits per heavy atom. The van der Waals surface area contributed by atoms with Gasteiger partial charge < -0.3 is 20.1 Å². The molecule has 2 amide bonds. The Morgan fingerprint density at radius 3 is 2.10 bits per heavy atom. The molecular formula is C25H26N2O4. The Labute approximate surface area is 182 Å². The van der Waals surface area contributed by atoms with Crippen LogP contribution < -0.4 is 20.1 Å². The summed E-state index contributed by atoms with van der Waals surface area (Å²) in [6, 6.07) is 21.9. The van der Waals surface area contributed by atoms with Crippen molar-refractivity contribution in [1.29, 1.82) is 0 Å². The van der Waals surface area contributed by atoms with Gasteiger partial charge >= 0.3 is 0 Å². The van der Waals surface area contributed by atoms with Crippen LogP contribution in [0.3, 0.4) is 0 Å². The van der Waals surface area contributed by atoms with Crippen LogP contribution in [0.5, 0.6) is 11.5 Å². The molecule has 0 unspecified atom stereocenters. The Hall–Kier alpha value is -3.80. The van der Waals surface area contributed by atoms with Crippen molar-refractivity contribution in [3.8, 4) is 11.5 Å². The summed E-state index contributed by atoms with van der Waals surface area (Å²) in [5.74, 6) is 1.15. The number of rotatable bonds is 9. The van der Waals surface area contributed by atoms with E-state index in [9.17, 15) is 9.59 Å². The maximum atomic E-state index is 12.6. The van der Waals surface area contributed by atoms with Gasteiger partial charge in [0.05, 0.1) is 0 Å². The Bertz CT molecular complexity index is 1020. The fraction of sp³-hybridized carbons (Fsp3) is 0.200. The van der Waals surface area contributed by atoms with Crippen molar-refractivity contribution < 1.29 is 19.1 Å². The van der Waals surface area contributed by atoms with Crippen molar-refractivity contribution >= 4 is 23.2 Å². The van der Waals surface area contributed by atoms with Gasteiger partial charge in [-0.05, 0) is 61.0 Å². The zero-order valence-corrected chi connectivity index (χ0v) is 17.7. The molecule has 31 heavy (non-hydrogen) atoms. The van der Waals surface area contributed by atoms with Gasteiger partial charge in [0, 0.05) is 23.4 Å². The lowest BCUT2D eigenvalue weighted by Crippen LogP contribution is -2.14. The number of hydrogen-bond acceptors (Lipinski definition) is 4. The molecule has 0 radical (unpaired) electrons. The van der Waals surface area contributed by atoms with E-state index in [0.29, 0.717) is 42.3 Å². The average Bonchev–Trinajstić information content (AvgIpc) is 2.80. The molecule has 0 atom stereocenters. The molecule has 3 aromatic rings. The third-order valence-corrected chi connectivity index (χ3v) is 4.57. The van der Waals surface area contributed by atoms with E-state index in [0.717, 1.165) is 11.3 Å². The standard InChI is InChI=1S/C25H26N2O4/c1-3-24(28)27-23-17-20(12-9-18(23)2)26-25(29)19-10-13-22(14-11-19)31-16-15-30-21-7-5-4-6-8-21/h4-14,17H,3,15-16H2,1-2H3,(H,26,29)(H,27,28). The molecule has 0 fully saturated rings. The first-order valence-corrected chi connectivity index (χ1v) is 10.2. The van der Waals surface area contributed by atoms with Crippen LogP contribution in [0.4, 0.5) is 11.4 Å². The fourth-order valence-electron chi connectivity index (χ4n) is 2.81. The number of aryl methyl sites for hydroxylation is 1. The summed E-state index contributed by atoms with van der Waals surface area (Å²) >= 11 is 0. The average molecular weight is 418 g/mol. The van der Waals surface area contributed by atoms with Gasteiger partial charge in [-0.1, -0.05) is 31.2 Å². The van der Waals surface area contributed by atoms with Crippen molar-refractivity contribution in [3.05, 3.63) is 83.9 Å². The van der Waals surface area contributed by atoms with E-state index in [2.05, 4.69) is 10.6 Å². The first kappa shape index (κ1) is 21.9. The largest absolute Gasteiger partial charge is 0.490 e. The first-order chi connectivity index (χ1) is 15.0. The molecule has 6 heteroatoms. The number of carbonyl (C=O) groups is 2. The lowest BCUT2D eigenvalue weighted by molar-refractivity contribution is -0.115. The highest BCUT2D eigenvalue weighted by Crippen LogP contribution is 2.21. The summed E-state index contributed by atoms with van der Waals surface area (Å²) in [5.41, 5.74) is 2.73. The Morgan fingerprint density at radius 1 is 0.806 bits per heavy atom. The molecule has 0 aliphatic heterocycles. The van der Waals surface area contributed by atoms with Gasteiger partial charge in [0.2, 0.25) is 5.91 Å². The molecule has 3 rings (SSSR count). The van der Waals surface area contributed by atoms with Crippen LogP contribution in [-0.4, -0.2) is 25.0 Å². The molecule has 6 nitrogen and oxygen atoms in total. The molecule has 0 aromatic heterocycles. The molecule has 0 heterocycles. The predicted molar refractivity (Wildman–Crippen MR) is 122 cm³/mol. The zero-order chi connectivity index (χ0) is 22.1. The molecule has 0 bridgehead atoms. The molecule has 0 aliphatic rings. The van der Waals surface area contributed by atoms with Gasteiger partial charge in [-0.2, -0.15) is 0 Å². The van der Waals surface area contributed by atoms with Gasteiger partial charge in [-0.15, -0.1) is 0 Å². The predicted octanol–water partition coefficient (Wildman–Crippen LogP) is 5.05. The summed E-state index contributed by atoms with van der Waals surface area (Å²) in [6.07, 6.45) is 0.392. The number of nitrogens with one attached hydrogen (secondary N) is 2. The van der Waals surface area contributed by atoms with Gasteiger partial charge in [-0.25, -0.2) is 0 Å². The SMILES string of the molecule is CCC(=O)Nc1cc(NC(=O)c2ccc(OCCOc3ccccc3)cc2)ccc1C. The van der Waals surface area contributed by atoms with Crippen molar-refractivity contribution in [1.82, 2.24) is 0 Å². The quantitative estimate of drug-likeness (QED) is 0.477. The second-order valence-corrected chi connectivity index (χ2v) is 6.92. The monoisotopic (exact) mass is 418 g/mol. The number of carbonyl (C=O) groups excluding carboxylic acids is 2. The molecule has 0 spiro atoms. The first-order valence-electron chi connectivity index (χ1n) is 10.2. The van der Waals surface area contributed by atoms with Gasteiger partial charge in [0.1, 0.15) is 24.7 Å². The van der Waals surface area contributed by atoms with E-state index in [-0.39, 0.29) is 11.8 Å². The smallest absolute Gasteiger partial charge is 0.255 e. The molecule has 0 aliphatic carbocycles. The Kier molecular flexibility index (Phi) is 7.65. The normalized spacial score (nSPS) is 10.3. The fourth-order valence-corrected chi connectivity index (χ4v) is 2.81. The lowest BCUT2D eigenvalue weighted by Gasteiger charge is -2.12. The second kappa shape index (κ2) is 10.8. The molecule has 2 N–H and O–H groups in total. The molecule has 0 saturated heterocycles. The van der Waals surface area contributed by atoms with Gasteiger partial charge in [0.15, 0.2) is 0 Å². The molecule has 3 aromatic carbocycles. The van der Waals surface area contributed by atoms with E-state index >= 15 is 0 Å². The third-order valence-electron chi connectivity index (χ3n) is 4.57. The highest BCUT2D eigenvalue weighted by Gasteiger charge is 2.09. The summed E-state index contributed by atoms with van der Waals surface area (Å²) in [7, 11) is 0. The van der Waals surface area contributed by atoms with E-state index in [4.69, 9.17) is 9.47 Å². The lowest BCUT2D eigenvalue weighted by atomic mass is 10.1. The molecular weight excluding hydrogens is 392 g/mol. The van der Waals surface area contributed by atoms with Crippen molar-refractivity contribution in [2.45, 2.75) is 20.3 Å². The maximum absolute atomic E-state index is 12.6. The minimum atomic E-state index is -0.240. The summed E-state index contributed by atoms with van der Waals surface area (Å²) in [4.78, 5) is 24.2. The second-order valence-electron chi connectivity index (χ2n) is 6.92. The minimum Gasteiger partial charge on any atom is -0.490 e. The van der Waals surface area contributed by atoms with Crippen molar-refractivity contribution in [2.24, 2.45) is 0 Å². The van der Waals surface area contributed by atoms with Crippen molar-refractivity contribution in [2.75, 3.05) is 23.8 Å². The summed E-state index contributed by atoms with van der Waals surface area (Å²) in [5, 5.41) is 5.69. The van der Waals surface area contributed by atoms with Crippen LogP contribution in [0.15, 0.2) is 72.8 Å². The van der Waals surface area contributed by atoms with Gasteiger partial charge in [0.25, 0.3) is 5.91 Å². The highest BCUT2D eigenvalue weighted by atomic mass is 16.5. The van der Waals surface area contributed by atoms with Crippen LogP contribution in [0, 0.1) is 6.92 Å². The molecule has 0 saturated carbocycles. The number of anilines is 2.